The minimum atomic E-state index is -2.50. The number of alkyl halides is 3. The molecular formula is C26H44ClF2N7O3S. The third-order valence-corrected chi connectivity index (χ3v) is 11.2. The number of nitrogens with one attached hydrogen (secondary N) is 6. The number of nitrogens with zero attached hydrogens (tertiary/aromatic N) is 1. The van der Waals surface area contributed by atoms with Crippen molar-refractivity contribution in [1.29, 1.82) is 0 Å². The van der Waals surface area contributed by atoms with Crippen molar-refractivity contribution >= 4 is 35.2 Å². The number of piperidine rings is 2. The monoisotopic (exact) mass is 607 g/mol. The Balaban J connectivity index is 1.15. The molecule has 6 N–H and O–H groups in total. The van der Waals surface area contributed by atoms with Crippen LogP contribution in [0.5, 0.6) is 0 Å². The van der Waals surface area contributed by atoms with Crippen molar-refractivity contribution in [3.05, 3.63) is 0 Å². The van der Waals surface area contributed by atoms with E-state index in [1.54, 1.807) is 32.7 Å². The first-order valence-corrected chi connectivity index (χ1v) is 15.9. The molecule has 5 fully saturated rings. The summed E-state index contributed by atoms with van der Waals surface area (Å²) in [5.41, 5.74) is -0.356. The summed E-state index contributed by atoms with van der Waals surface area (Å²) in [6, 6.07) is -2.08. The number of halogens is 3. The lowest BCUT2D eigenvalue weighted by molar-refractivity contribution is -0.135. The number of hydrogen-bond acceptors (Lipinski definition) is 9. The Morgan fingerprint density at radius 2 is 1.80 bits per heavy atom. The van der Waals surface area contributed by atoms with Crippen molar-refractivity contribution in [2.24, 2.45) is 17.8 Å². The van der Waals surface area contributed by atoms with E-state index in [2.05, 4.69) is 38.8 Å². The molecule has 0 spiro atoms. The SMILES string of the molecule is COC1CNC(Cl)CC1C1CC(C)NCC1C(=O)NC1NC2CN(C(=O)C3NC(C)C(C(F)F)NC3C)CC2S1. The number of ether oxygens (including phenoxy) is 1. The first-order chi connectivity index (χ1) is 19.0. The van der Waals surface area contributed by atoms with E-state index in [1.807, 2.05) is 4.90 Å². The van der Waals surface area contributed by atoms with Gasteiger partial charge in [-0.1, -0.05) is 0 Å². The number of carbonyl (C=O) groups excluding carboxylic acids is 2. The van der Waals surface area contributed by atoms with E-state index in [-0.39, 0.29) is 58.0 Å². The van der Waals surface area contributed by atoms with Crippen molar-refractivity contribution in [2.75, 3.05) is 33.3 Å². The summed E-state index contributed by atoms with van der Waals surface area (Å²) in [5, 5.41) is 19.7. The number of fused-ring (bicyclic) bond motifs is 1. The number of methoxy groups -OCH3 is 1. The average Bonchev–Trinajstić information content (AvgIpc) is 3.48. The number of amides is 2. The summed E-state index contributed by atoms with van der Waals surface area (Å²) in [5.74, 6) is 0.118. The van der Waals surface area contributed by atoms with Gasteiger partial charge in [0.1, 0.15) is 11.5 Å². The standard InChI is InChI=1S/C26H44ClF2N7O3S/c1-11-5-14(15-6-20(27)31-8-18(15)39-4)16(7-30-11)24(37)35-26-34-17-9-36(10-19(17)40-26)25(38)22-13(3)32-21(23(28)29)12(2)33-22/h11-23,26,30-34H,5-10H2,1-4H3,(H,35,37). The van der Waals surface area contributed by atoms with Gasteiger partial charge in [-0.05, 0) is 45.4 Å². The number of piperazine rings is 1. The van der Waals surface area contributed by atoms with E-state index < -0.39 is 30.6 Å². The minimum absolute atomic E-state index is 0.0169. The van der Waals surface area contributed by atoms with E-state index in [1.165, 1.54) is 0 Å². The van der Waals surface area contributed by atoms with Crippen LogP contribution in [0.3, 0.4) is 0 Å². The molecule has 13 atom stereocenters. The molecule has 5 aliphatic rings. The van der Waals surface area contributed by atoms with Crippen molar-refractivity contribution < 1.29 is 23.1 Å². The average molecular weight is 608 g/mol. The topological polar surface area (TPSA) is 119 Å². The Morgan fingerprint density at radius 1 is 1.02 bits per heavy atom. The highest BCUT2D eigenvalue weighted by Gasteiger charge is 2.48. The van der Waals surface area contributed by atoms with E-state index >= 15 is 0 Å². The molecule has 5 saturated heterocycles. The maximum atomic E-state index is 13.6. The third-order valence-electron chi connectivity index (χ3n) is 9.52. The quantitative estimate of drug-likeness (QED) is 0.184. The molecule has 2 amide bonds. The van der Waals surface area contributed by atoms with E-state index in [0.717, 1.165) is 12.8 Å². The van der Waals surface area contributed by atoms with Crippen LogP contribution < -0.4 is 31.9 Å². The fourth-order valence-corrected chi connectivity index (χ4v) is 9.00. The van der Waals surface area contributed by atoms with E-state index in [0.29, 0.717) is 32.2 Å². The molecule has 0 aromatic heterocycles. The van der Waals surface area contributed by atoms with Gasteiger partial charge in [-0.15, -0.1) is 23.4 Å². The fraction of sp³-hybridized carbons (Fsp3) is 0.923. The van der Waals surface area contributed by atoms with Gasteiger partial charge in [0.25, 0.3) is 6.43 Å². The van der Waals surface area contributed by atoms with Gasteiger partial charge in [0.15, 0.2) is 0 Å². The summed E-state index contributed by atoms with van der Waals surface area (Å²) in [6.45, 7) is 7.97. The van der Waals surface area contributed by atoms with Gasteiger partial charge in [-0.2, -0.15) is 0 Å². The van der Waals surface area contributed by atoms with Crippen molar-refractivity contribution in [2.45, 2.75) is 98.6 Å². The second-order valence-corrected chi connectivity index (χ2v) is 14.1. The van der Waals surface area contributed by atoms with Gasteiger partial charge < -0.3 is 30.9 Å². The predicted octanol–water partition coefficient (Wildman–Crippen LogP) is 0.0777. The van der Waals surface area contributed by atoms with Crippen LogP contribution in [0.2, 0.25) is 0 Å². The van der Waals surface area contributed by atoms with Crippen molar-refractivity contribution in [1.82, 2.24) is 36.8 Å². The summed E-state index contributed by atoms with van der Waals surface area (Å²) in [4.78, 5) is 28.7. The highest BCUT2D eigenvalue weighted by Crippen LogP contribution is 2.38. The molecule has 0 aromatic rings. The van der Waals surface area contributed by atoms with E-state index in [4.69, 9.17) is 16.3 Å². The Bertz CT molecular complexity index is 914. The number of rotatable bonds is 6. The molecule has 5 heterocycles. The molecule has 0 radical (unpaired) electrons. The largest absolute Gasteiger partial charge is 0.380 e. The summed E-state index contributed by atoms with van der Waals surface area (Å²) in [7, 11) is 1.72. The zero-order chi connectivity index (χ0) is 28.7. The van der Waals surface area contributed by atoms with Crippen LogP contribution in [0.25, 0.3) is 0 Å². The summed E-state index contributed by atoms with van der Waals surface area (Å²) < 4.78 is 32.4. The van der Waals surface area contributed by atoms with Gasteiger partial charge in [0, 0.05) is 62.7 Å². The van der Waals surface area contributed by atoms with Crippen LogP contribution in [0.1, 0.15) is 33.6 Å². The number of likely N-dealkylation sites (tertiary alicyclic amines) is 1. The molecule has 13 unspecified atom stereocenters. The second kappa shape index (κ2) is 12.8. The van der Waals surface area contributed by atoms with Crippen LogP contribution in [0.4, 0.5) is 8.78 Å². The normalized spacial score (nSPS) is 45.9. The van der Waals surface area contributed by atoms with Crippen LogP contribution in [0, 0.1) is 17.8 Å². The smallest absolute Gasteiger partial charge is 0.255 e. The van der Waals surface area contributed by atoms with Gasteiger partial charge in [0.05, 0.1) is 23.6 Å². The summed E-state index contributed by atoms with van der Waals surface area (Å²) >= 11 is 8.11. The molecule has 228 valence electrons. The van der Waals surface area contributed by atoms with Crippen molar-refractivity contribution in [3.63, 3.8) is 0 Å². The zero-order valence-corrected chi connectivity index (χ0v) is 25.1. The Morgan fingerprint density at radius 3 is 2.50 bits per heavy atom. The lowest BCUT2D eigenvalue weighted by Crippen LogP contribution is -2.69. The highest BCUT2D eigenvalue weighted by molar-refractivity contribution is 8.00. The Labute approximate surface area is 244 Å². The first-order valence-electron chi connectivity index (χ1n) is 14.5. The van der Waals surface area contributed by atoms with Gasteiger partial charge >= 0.3 is 0 Å². The minimum Gasteiger partial charge on any atom is -0.380 e. The number of hydrogen-bond donors (Lipinski definition) is 6. The predicted molar refractivity (Wildman–Crippen MR) is 151 cm³/mol. The molecule has 14 heteroatoms. The third kappa shape index (κ3) is 6.41. The molecule has 40 heavy (non-hydrogen) atoms. The van der Waals surface area contributed by atoms with Crippen molar-refractivity contribution in [3.8, 4) is 0 Å². The second-order valence-electron chi connectivity index (χ2n) is 12.2. The van der Waals surface area contributed by atoms with Crippen LogP contribution >= 0.6 is 23.4 Å². The molecule has 0 bridgehead atoms. The summed E-state index contributed by atoms with van der Waals surface area (Å²) in [6.07, 6.45) is -0.833. The van der Waals surface area contributed by atoms with Crippen LogP contribution in [-0.2, 0) is 14.3 Å². The first kappa shape index (κ1) is 30.7. The Kier molecular flexibility index (Phi) is 9.83. The lowest BCUT2D eigenvalue weighted by Gasteiger charge is -2.45. The maximum absolute atomic E-state index is 13.6. The van der Waals surface area contributed by atoms with Crippen LogP contribution in [0.15, 0.2) is 0 Å². The molecule has 0 aromatic carbocycles. The maximum Gasteiger partial charge on any atom is 0.255 e. The molecule has 0 saturated carbocycles. The van der Waals surface area contributed by atoms with Crippen LogP contribution in [-0.4, -0.2) is 115 Å². The van der Waals surface area contributed by atoms with E-state index in [9.17, 15) is 18.4 Å². The lowest BCUT2D eigenvalue weighted by atomic mass is 9.70. The number of carbonyl (C=O) groups is 2. The molecule has 5 aliphatic heterocycles. The highest BCUT2D eigenvalue weighted by atomic mass is 35.5. The molecule has 0 aliphatic carbocycles. The van der Waals surface area contributed by atoms with Gasteiger partial charge in [-0.3, -0.25) is 20.2 Å². The zero-order valence-electron chi connectivity index (χ0n) is 23.5. The molecule has 5 rings (SSSR count). The fourth-order valence-electron chi connectivity index (χ4n) is 7.29. The number of thioether (sulfide) groups is 1. The Hall–Kier alpha value is -0.800. The molecule has 10 nitrogen and oxygen atoms in total. The van der Waals surface area contributed by atoms with Gasteiger partial charge in [0.2, 0.25) is 11.8 Å². The molecular weight excluding hydrogens is 564 g/mol. The van der Waals surface area contributed by atoms with Gasteiger partial charge in [-0.25, -0.2) is 8.78 Å².